The van der Waals surface area contributed by atoms with Gasteiger partial charge in [0.05, 0.1) is 0 Å². The van der Waals surface area contributed by atoms with Gasteiger partial charge in [-0.05, 0) is 49.7 Å². The van der Waals surface area contributed by atoms with E-state index in [1.54, 1.807) is 11.1 Å². The van der Waals surface area contributed by atoms with Gasteiger partial charge in [0.1, 0.15) is 0 Å². The highest BCUT2D eigenvalue weighted by atomic mass is 14.9. The molecular formula is C14H19N. The van der Waals surface area contributed by atoms with Crippen molar-refractivity contribution in [3.8, 4) is 0 Å². The van der Waals surface area contributed by atoms with Crippen molar-refractivity contribution in [3.05, 3.63) is 34.9 Å². The molecule has 2 aliphatic carbocycles. The maximum Gasteiger partial charge on any atom is 0.00684 e. The van der Waals surface area contributed by atoms with Gasteiger partial charge in [-0.1, -0.05) is 23.8 Å². The molecule has 1 aromatic carbocycles. The summed E-state index contributed by atoms with van der Waals surface area (Å²) in [7, 11) is 0. The third-order valence-corrected chi connectivity index (χ3v) is 3.73. The molecule has 0 bridgehead atoms. The summed E-state index contributed by atoms with van der Waals surface area (Å²) in [5, 5.41) is 3.65. The summed E-state index contributed by atoms with van der Waals surface area (Å²) in [6, 6.07) is 7.82. The van der Waals surface area contributed by atoms with E-state index in [4.69, 9.17) is 0 Å². The Labute approximate surface area is 91.9 Å². The number of fused-ring (bicyclic) bond motifs is 1. The Morgan fingerprint density at radius 1 is 1.27 bits per heavy atom. The van der Waals surface area contributed by atoms with E-state index in [1.165, 1.54) is 37.8 Å². The molecule has 1 N–H and O–H groups in total. The lowest BCUT2D eigenvalue weighted by Gasteiger charge is -2.12. The SMILES string of the molecule is Cc1ccc2c(c1)CCC2CNC1CC1. The van der Waals surface area contributed by atoms with Crippen LogP contribution in [0, 0.1) is 6.92 Å². The van der Waals surface area contributed by atoms with Crippen molar-refractivity contribution in [2.24, 2.45) is 0 Å². The van der Waals surface area contributed by atoms with Crippen LogP contribution in [0.1, 0.15) is 41.9 Å². The smallest absolute Gasteiger partial charge is 0.00684 e. The molecule has 1 aromatic rings. The molecule has 1 atom stereocenters. The molecule has 0 heterocycles. The second-order valence-electron chi connectivity index (χ2n) is 5.12. The summed E-state index contributed by atoms with van der Waals surface area (Å²) < 4.78 is 0. The molecule has 0 saturated heterocycles. The molecule has 1 fully saturated rings. The molecule has 1 unspecified atom stereocenters. The van der Waals surface area contributed by atoms with Gasteiger partial charge in [-0.2, -0.15) is 0 Å². The fourth-order valence-electron chi connectivity index (χ4n) is 2.64. The second-order valence-corrected chi connectivity index (χ2v) is 5.12. The van der Waals surface area contributed by atoms with Crippen molar-refractivity contribution in [2.75, 3.05) is 6.54 Å². The van der Waals surface area contributed by atoms with Gasteiger partial charge in [-0.3, -0.25) is 0 Å². The maximum absolute atomic E-state index is 3.65. The quantitative estimate of drug-likeness (QED) is 0.793. The molecule has 0 amide bonds. The van der Waals surface area contributed by atoms with E-state index >= 15 is 0 Å². The van der Waals surface area contributed by atoms with E-state index in [-0.39, 0.29) is 0 Å². The van der Waals surface area contributed by atoms with Gasteiger partial charge < -0.3 is 5.32 Å². The number of nitrogens with one attached hydrogen (secondary N) is 1. The van der Waals surface area contributed by atoms with Crippen molar-refractivity contribution in [1.29, 1.82) is 0 Å². The van der Waals surface area contributed by atoms with E-state index in [9.17, 15) is 0 Å². The van der Waals surface area contributed by atoms with Crippen LogP contribution in [0.25, 0.3) is 0 Å². The lowest BCUT2D eigenvalue weighted by atomic mass is 10.00. The Bertz CT molecular complexity index is 366. The van der Waals surface area contributed by atoms with Crippen LogP contribution < -0.4 is 5.32 Å². The first-order chi connectivity index (χ1) is 7.33. The lowest BCUT2D eigenvalue weighted by molar-refractivity contribution is 0.576. The zero-order chi connectivity index (χ0) is 10.3. The zero-order valence-corrected chi connectivity index (χ0v) is 9.42. The molecular weight excluding hydrogens is 182 g/mol. The summed E-state index contributed by atoms with van der Waals surface area (Å²) in [5.74, 6) is 0.779. The molecule has 2 aliphatic rings. The molecule has 0 spiro atoms. The Kier molecular flexibility index (Phi) is 2.28. The van der Waals surface area contributed by atoms with Gasteiger partial charge in [0.2, 0.25) is 0 Å². The first-order valence-corrected chi connectivity index (χ1v) is 6.16. The van der Waals surface area contributed by atoms with Crippen molar-refractivity contribution in [1.82, 2.24) is 5.32 Å². The largest absolute Gasteiger partial charge is 0.313 e. The molecule has 3 rings (SSSR count). The predicted molar refractivity (Wildman–Crippen MR) is 63.3 cm³/mol. The lowest BCUT2D eigenvalue weighted by Crippen LogP contribution is -2.22. The van der Waals surface area contributed by atoms with Crippen LogP contribution in [0.4, 0.5) is 0 Å². The Morgan fingerprint density at radius 3 is 2.93 bits per heavy atom. The minimum atomic E-state index is 0.779. The topological polar surface area (TPSA) is 12.0 Å². The average Bonchev–Trinajstić information content (AvgIpc) is 2.97. The second kappa shape index (κ2) is 3.64. The van der Waals surface area contributed by atoms with Gasteiger partial charge in [-0.15, -0.1) is 0 Å². The van der Waals surface area contributed by atoms with Crippen LogP contribution in [0.5, 0.6) is 0 Å². The van der Waals surface area contributed by atoms with Gasteiger partial charge in [-0.25, -0.2) is 0 Å². The number of benzene rings is 1. The van der Waals surface area contributed by atoms with Crippen LogP contribution >= 0.6 is 0 Å². The Balaban J connectivity index is 1.72. The molecule has 0 aromatic heterocycles. The molecule has 0 radical (unpaired) electrons. The number of aryl methyl sites for hydroxylation is 2. The zero-order valence-electron chi connectivity index (χ0n) is 9.42. The third-order valence-electron chi connectivity index (χ3n) is 3.73. The highest BCUT2D eigenvalue weighted by molar-refractivity contribution is 5.38. The Hall–Kier alpha value is -0.820. The molecule has 1 heteroatoms. The summed E-state index contributed by atoms with van der Waals surface area (Å²) in [6.07, 6.45) is 5.42. The van der Waals surface area contributed by atoms with Crippen molar-refractivity contribution < 1.29 is 0 Å². The van der Waals surface area contributed by atoms with Gasteiger partial charge in [0, 0.05) is 12.6 Å². The summed E-state index contributed by atoms with van der Waals surface area (Å²) in [6.45, 7) is 3.39. The van der Waals surface area contributed by atoms with E-state index < -0.39 is 0 Å². The summed E-state index contributed by atoms with van der Waals surface area (Å²) >= 11 is 0. The average molecular weight is 201 g/mol. The normalized spacial score (nSPS) is 24.2. The van der Waals surface area contributed by atoms with Crippen molar-refractivity contribution in [2.45, 2.75) is 44.6 Å². The minimum Gasteiger partial charge on any atom is -0.313 e. The van der Waals surface area contributed by atoms with Gasteiger partial charge >= 0.3 is 0 Å². The van der Waals surface area contributed by atoms with E-state index in [1.807, 2.05) is 0 Å². The summed E-state index contributed by atoms with van der Waals surface area (Å²) in [4.78, 5) is 0. The third kappa shape index (κ3) is 1.93. The van der Waals surface area contributed by atoms with Crippen LogP contribution in [-0.2, 0) is 6.42 Å². The van der Waals surface area contributed by atoms with Crippen LogP contribution in [-0.4, -0.2) is 12.6 Å². The van der Waals surface area contributed by atoms with Crippen LogP contribution in [0.2, 0.25) is 0 Å². The maximum atomic E-state index is 3.65. The number of hydrogen-bond donors (Lipinski definition) is 1. The highest BCUT2D eigenvalue weighted by Gasteiger charge is 2.26. The fourth-order valence-corrected chi connectivity index (χ4v) is 2.64. The van der Waals surface area contributed by atoms with Gasteiger partial charge in [0.25, 0.3) is 0 Å². The monoisotopic (exact) mass is 201 g/mol. The number of hydrogen-bond acceptors (Lipinski definition) is 1. The van der Waals surface area contributed by atoms with Crippen molar-refractivity contribution in [3.63, 3.8) is 0 Å². The van der Waals surface area contributed by atoms with Crippen molar-refractivity contribution >= 4 is 0 Å². The molecule has 15 heavy (non-hydrogen) atoms. The highest BCUT2D eigenvalue weighted by Crippen LogP contribution is 2.33. The first-order valence-electron chi connectivity index (χ1n) is 6.16. The Morgan fingerprint density at radius 2 is 2.13 bits per heavy atom. The summed E-state index contributed by atoms with van der Waals surface area (Å²) in [5.41, 5.74) is 4.61. The van der Waals surface area contributed by atoms with E-state index in [2.05, 4.69) is 30.4 Å². The molecule has 80 valence electrons. The first kappa shape index (κ1) is 9.41. The molecule has 0 aliphatic heterocycles. The standard InChI is InChI=1S/C14H19N/c1-10-2-7-14-11(8-10)3-4-12(14)9-15-13-5-6-13/h2,7-8,12-13,15H,3-6,9H2,1H3. The fraction of sp³-hybridized carbons (Fsp3) is 0.571. The van der Waals surface area contributed by atoms with Crippen LogP contribution in [0.3, 0.4) is 0 Å². The molecule has 1 nitrogen and oxygen atoms in total. The van der Waals surface area contributed by atoms with E-state index in [0.29, 0.717) is 0 Å². The predicted octanol–water partition coefficient (Wildman–Crippen LogP) is 2.78. The van der Waals surface area contributed by atoms with Gasteiger partial charge in [0.15, 0.2) is 0 Å². The molecule has 1 saturated carbocycles. The van der Waals surface area contributed by atoms with Crippen LogP contribution in [0.15, 0.2) is 18.2 Å². The van der Waals surface area contributed by atoms with E-state index in [0.717, 1.165) is 12.0 Å². The minimum absolute atomic E-state index is 0.779. The number of rotatable bonds is 3.